The Labute approximate surface area is 105 Å². The minimum absolute atomic E-state index is 0.0546. The molecule has 0 spiro atoms. The number of nitrogens with zero attached hydrogens (tertiary/aromatic N) is 1. The first-order valence-electron chi connectivity index (χ1n) is 5.29. The lowest BCUT2D eigenvalue weighted by molar-refractivity contribution is -0.164. The van der Waals surface area contributed by atoms with Crippen LogP contribution < -0.4 is 0 Å². The molecule has 0 aliphatic rings. The van der Waals surface area contributed by atoms with Crippen LogP contribution in [0.3, 0.4) is 0 Å². The molecule has 4 nitrogen and oxygen atoms in total. The maximum atomic E-state index is 13.2. The van der Waals surface area contributed by atoms with Crippen molar-refractivity contribution in [2.75, 3.05) is 0 Å². The van der Waals surface area contributed by atoms with Crippen LogP contribution in [0.1, 0.15) is 5.56 Å². The molecule has 0 fully saturated rings. The molecule has 2 aromatic rings. The minimum atomic E-state index is -3.88. The van der Waals surface area contributed by atoms with E-state index < -0.39 is 24.1 Å². The van der Waals surface area contributed by atoms with E-state index in [1.807, 2.05) is 0 Å². The van der Waals surface area contributed by atoms with E-state index in [9.17, 15) is 18.0 Å². The van der Waals surface area contributed by atoms with E-state index in [0.717, 1.165) is 6.20 Å². The molecule has 0 aliphatic heterocycles. The molecule has 1 aromatic carbocycles. The van der Waals surface area contributed by atoms with Crippen molar-refractivity contribution in [1.82, 2.24) is 10.2 Å². The topological polar surface area (TPSA) is 66.0 Å². The maximum absolute atomic E-state index is 13.2. The van der Waals surface area contributed by atoms with Gasteiger partial charge in [0.05, 0.1) is 18.3 Å². The molecule has 2 rings (SSSR count). The molecular weight excluding hydrogens is 261 g/mol. The molecular formula is C12H9F3N2O2. The van der Waals surface area contributed by atoms with E-state index in [2.05, 4.69) is 10.2 Å². The number of aliphatic carboxylic acids is 1. The van der Waals surface area contributed by atoms with Crippen LogP contribution in [-0.2, 0) is 11.2 Å². The lowest BCUT2D eigenvalue weighted by Crippen LogP contribution is -2.30. The van der Waals surface area contributed by atoms with Gasteiger partial charge in [-0.05, 0) is 24.3 Å². The van der Waals surface area contributed by atoms with E-state index in [0.29, 0.717) is 5.56 Å². The van der Waals surface area contributed by atoms with Gasteiger partial charge in [0.15, 0.2) is 0 Å². The summed E-state index contributed by atoms with van der Waals surface area (Å²) in [5.74, 6) is -6.53. The lowest BCUT2D eigenvalue weighted by Gasteiger charge is -2.10. The molecule has 0 saturated carbocycles. The van der Waals surface area contributed by atoms with Crippen LogP contribution in [0, 0.1) is 5.82 Å². The van der Waals surface area contributed by atoms with E-state index >= 15 is 0 Å². The number of carboxylic acid groups (broad SMARTS) is 1. The van der Waals surface area contributed by atoms with Gasteiger partial charge in [0.1, 0.15) is 5.82 Å². The minimum Gasteiger partial charge on any atom is -0.477 e. The maximum Gasteiger partial charge on any atom is 0.374 e. The number of nitrogens with one attached hydrogen (secondary N) is 1. The van der Waals surface area contributed by atoms with E-state index in [1.54, 1.807) is 0 Å². The first-order chi connectivity index (χ1) is 8.90. The normalized spacial score (nSPS) is 11.5. The average molecular weight is 270 g/mol. The number of rotatable bonds is 4. The quantitative estimate of drug-likeness (QED) is 0.897. The molecule has 0 aliphatic carbocycles. The zero-order chi connectivity index (χ0) is 14.0. The number of carboxylic acids is 1. The largest absolute Gasteiger partial charge is 0.477 e. The average Bonchev–Trinajstić information content (AvgIpc) is 2.77. The van der Waals surface area contributed by atoms with Gasteiger partial charge in [0.25, 0.3) is 0 Å². The number of H-pyrrole nitrogens is 1. The van der Waals surface area contributed by atoms with Crippen LogP contribution in [0.15, 0.2) is 30.5 Å². The summed E-state index contributed by atoms with van der Waals surface area (Å²) in [6, 6.07) is 5.14. The summed E-state index contributed by atoms with van der Waals surface area (Å²) >= 11 is 0. The molecule has 2 N–H and O–H groups in total. The number of aromatic nitrogens is 2. The summed E-state index contributed by atoms with van der Waals surface area (Å²) in [6.45, 7) is 0. The van der Waals surface area contributed by atoms with Crippen molar-refractivity contribution in [1.29, 1.82) is 0 Å². The summed E-state index contributed by atoms with van der Waals surface area (Å²) in [7, 11) is 0. The number of aromatic amines is 1. The van der Waals surface area contributed by atoms with Gasteiger partial charge in [0, 0.05) is 11.1 Å². The second-order valence-electron chi connectivity index (χ2n) is 3.96. The van der Waals surface area contributed by atoms with Crippen LogP contribution in [0.25, 0.3) is 11.3 Å². The number of benzene rings is 1. The van der Waals surface area contributed by atoms with Gasteiger partial charge in [-0.3, -0.25) is 5.10 Å². The summed E-state index contributed by atoms with van der Waals surface area (Å²) in [5.41, 5.74) is 0.759. The Hall–Kier alpha value is -2.31. The fourth-order valence-corrected chi connectivity index (χ4v) is 1.63. The number of halogens is 3. The van der Waals surface area contributed by atoms with Gasteiger partial charge in [-0.1, -0.05) is 0 Å². The van der Waals surface area contributed by atoms with Crippen LogP contribution in [0.2, 0.25) is 0 Å². The molecule has 1 aromatic heterocycles. The van der Waals surface area contributed by atoms with Gasteiger partial charge in [-0.15, -0.1) is 0 Å². The highest BCUT2D eigenvalue weighted by Gasteiger charge is 2.39. The van der Waals surface area contributed by atoms with Crippen molar-refractivity contribution in [2.24, 2.45) is 0 Å². The van der Waals surface area contributed by atoms with Crippen molar-refractivity contribution >= 4 is 5.97 Å². The van der Waals surface area contributed by atoms with E-state index in [1.165, 1.54) is 24.3 Å². The Balaban J connectivity index is 2.33. The Bertz CT molecular complexity index is 593. The number of carbonyl (C=O) groups is 1. The Kier molecular flexibility index (Phi) is 3.28. The Morgan fingerprint density at radius 3 is 2.53 bits per heavy atom. The predicted octanol–water partition coefficient (Wildman–Crippen LogP) is 2.48. The molecule has 0 saturated heterocycles. The van der Waals surface area contributed by atoms with Gasteiger partial charge < -0.3 is 5.11 Å². The van der Waals surface area contributed by atoms with E-state index in [-0.39, 0.29) is 11.3 Å². The summed E-state index contributed by atoms with van der Waals surface area (Å²) in [4.78, 5) is 10.4. The first kappa shape index (κ1) is 13.1. The second-order valence-corrected chi connectivity index (χ2v) is 3.96. The van der Waals surface area contributed by atoms with Crippen molar-refractivity contribution in [2.45, 2.75) is 12.3 Å². The predicted molar refractivity (Wildman–Crippen MR) is 60.3 cm³/mol. The van der Waals surface area contributed by atoms with Gasteiger partial charge in [0.2, 0.25) is 0 Å². The molecule has 7 heteroatoms. The van der Waals surface area contributed by atoms with Crippen molar-refractivity contribution in [3.63, 3.8) is 0 Å². The van der Waals surface area contributed by atoms with Crippen molar-refractivity contribution < 1.29 is 23.1 Å². The standard InChI is InChI=1S/C12H9F3N2O2/c13-9-3-1-7(2-4-9)10-8(6-16-17-10)5-12(14,15)11(18)19/h1-4,6H,5H2,(H,16,17)(H,18,19). The van der Waals surface area contributed by atoms with Crippen molar-refractivity contribution in [3.05, 3.63) is 41.8 Å². The number of alkyl halides is 2. The second kappa shape index (κ2) is 4.75. The third-order valence-corrected chi connectivity index (χ3v) is 2.58. The van der Waals surface area contributed by atoms with Crippen molar-refractivity contribution in [3.8, 4) is 11.3 Å². The van der Waals surface area contributed by atoms with Gasteiger partial charge in [-0.25, -0.2) is 9.18 Å². The third kappa shape index (κ3) is 2.75. The number of hydrogen-bond donors (Lipinski definition) is 2. The number of hydrogen-bond acceptors (Lipinski definition) is 2. The molecule has 1 heterocycles. The summed E-state index contributed by atoms with van der Waals surface area (Å²) < 4.78 is 39.1. The van der Waals surface area contributed by atoms with Crippen LogP contribution in [0.4, 0.5) is 13.2 Å². The molecule has 0 amide bonds. The smallest absolute Gasteiger partial charge is 0.374 e. The zero-order valence-electron chi connectivity index (χ0n) is 9.53. The van der Waals surface area contributed by atoms with Gasteiger partial charge >= 0.3 is 11.9 Å². The van der Waals surface area contributed by atoms with E-state index in [4.69, 9.17) is 5.11 Å². The fraction of sp³-hybridized carbons (Fsp3) is 0.167. The SMILES string of the molecule is O=C(O)C(F)(F)Cc1cn[nH]c1-c1ccc(F)cc1. The Morgan fingerprint density at radius 2 is 1.95 bits per heavy atom. The van der Waals surface area contributed by atoms with Crippen LogP contribution in [-0.4, -0.2) is 27.2 Å². The molecule has 0 bridgehead atoms. The lowest BCUT2D eigenvalue weighted by atomic mass is 10.0. The Morgan fingerprint density at radius 1 is 1.32 bits per heavy atom. The molecule has 19 heavy (non-hydrogen) atoms. The zero-order valence-corrected chi connectivity index (χ0v) is 9.53. The third-order valence-electron chi connectivity index (χ3n) is 2.58. The summed E-state index contributed by atoms with van der Waals surface area (Å²) in [5, 5.41) is 14.5. The van der Waals surface area contributed by atoms with Crippen LogP contribution in [0.5, 0.6) is 0 Å². The van der Waals surface area contributed by atoms with Crippen LogP contribution >= 0.6 is 0 Å². The molecule has 0 atom stereocenters. The highest BCUT2D eigenvalue weighted by molar-refractivity contribution is 5.76. The molecule has 0 radical (unpaired) electrons. The molecule has 100 valence electrons. The highest BCUT2D eigenvalue weighted by atomic mass is 19.3. The highest BCUT2D eigenvalue weighted by Crippen LogP contribution is 2.27. The van der Waals surface area contributed by atoms with Gasteiger partial charge in [-0.2, -0.15) is 13.9 Å². The monoisotopic (exact) mass is 270 g/mol. The first-order valence-corrected chi connectivity index (χ1v) is 5.29. The summed E-state index contributed by atoms with van der Waals surface area (Å²) in [6.07, 6.45) is 0.154. The fourth-order valence-electron chi connectivity index (χ4n) is 1.63. The molecule has 0 unspecified atom stereocenters.